The van der Waals surface area contributed by atoms with Crippen molar-refractivity contribution in [2.24, 2.45) is 5.84 Å². The predicted octanol–water partition coefficient (Wildman–Crippen LogP) is 6.14. The van der Waals surface area contributed by atoms with Gasteiger partial charge in [0.2, 0.25) is 0 Å². The summed E-state index contributed by atoms with van der Waals surface area (Å²) in [6, 6.07) is 16.2. The summed E-state index contributed by atoms with van der Waals surface area (Å²) >= 11 is 6.28. The first kappa shape index (κ1) is 25.1. The molecule has 1 aliphatic rings. The molecule has 0 saturated carbocycles. The van der Waals surface area contributed by atoms with Crippen molar-refractivity contribution in [2.45, 2.75) is 51.1 Å². The Morgan fingerprint density at radius 1 is 1.26 bits per heavy atom. The first-order chi connectivity index (χ1) is 15.0. The average molecular weight is 455 g/mol. The van der Waals surface area contributed by atoms with Crippen molar-refractivity contribution >= 4 is 46.2 Å². The molecule has 0 aliphatic carbocycles. The zero-order valence-electron chi connectivity index (χ0n) is 18.5. The van der Waals surface area contributed by atoms with Gasteiger partial charge in [-0.15, -0.1) is 0 Å². The Balaban J connectivity index is 0.00000166. The molecule has 164 valence electrons. The van der Waals surface area contributed by atoms with Gasteiger partial charge in [0, 0.05) is 27.6 Å². The number of benzene rings is 2. The van der Waals surface area contributed by atoms with Crippen LogP contribution in [0.5, 0.6) is 0 Å². The molecular formula is C24H32BClN4S. The molecule has 0 spiro atoms. The lowest BCUT2D eigenvalue weighted by Gasteiger charge is -2.35. The van der Waals surface area contributed by atoms with Crippen LogP contribution in [-0.4, -0.2) is 17.8 Å². The summed E-state index contributed by atoms with van der Waals surface area (Å²) in [5.74, 6) is 12.4. The molecule has 2 aromatic carbocycles. The monoisotopic (exact) mass is 454 g/mol. The molecular weight excluding hydrogens is 423 g/mol. The third-order valence-electron chi connectivity index (χ3n) is 5.42. The number of nitrogens with one attached hydrogen (secondary N) is 1. The van der Waals surface area contributed by atoms with Gasteiger partial charge >= 0.3 is 0 Å². The average Bonchev–Trinajstić information content (AvgIpc) is 2.83. The Morgan fingerprint density at radius 3 is 2.45 bits per heavy atom. The van der Waals surface area contributed by atoms with Crippen LogP contribution in [0.2, 0.25) is 17.7 Å². The Labute approximate surface area is 195 Å². The highest BCUT2D eigenvalue weighted by Crippen LogP contribution is 2.40. The van der Waals surface area contributed by atoms with Crippen molar-refractivity contribution in [3.63, 3.8) is 0 Å². The van der Waals surface area contributed by atoms with Gasteiger partial charge < -0.3 is 9.73 Å². The first-order valence-corrected chi connectivity index (χ1v) is 12.5. The summed E-state index contributed by atoms with van der Waals surface area (Å²) in [4.78, 5) is 0. The van der Waals surface area contributed by atoms with Gasteiger partial charge in [0.05, 0.1) is 6.54 Å². The van der Waals surface area contributed by atoms with Gasteiger partial charge in [0.25, 0.3) is 6.71 Å². The molecule has 0 radical (unpaired) electrons. The van der Waals surface area contributed by atoms with Crippen molar-refractivity contribution in [1.29, 1.82) is 5.26 Å². The minimum Gasteiger partial charge on any atom is -0.324 e. The fourth-order valence-electron chi connectivity index (χ4n) is 3.65. The Bertz CT molecular complexity index is 918. The minimum absolute atomic E-state index is 0.194. The van der Waals surface area contributed by atoms with E-state index in [0.29, 0.717) is 10.9 Å². The number of hydrogen-bond acceptors (Lipinski definition) is 4. The third kappa shape index (κ3) is 6.90. The standard InChI is InChI=1S/C22H26BClN4S.C2H6/c1-17(27-26)19-8-6-18(7-9-19)15-28(21-5-3-4-20(24)14-21)29(2)22-10-12-23(16-25)13-11-22;1-2/h3-9,14,22,27H,1-2,10-13,15,26H2;1-2H3. The third-order valence-corrected chi connectivity index (χ3v) is 7.81. The summed E-state index contributed by atoms with van der Waals surface area (Å²) in [6.07, 6.45) is 4.02. The van der Waals surface area contributed by atoms with Gasteiger partial charge in [0.15, 0.2) is 0 Å². The molecule has 31 heavy (non-hydrogen) atoms. The SMILES string of the molecule is C=C(NN)c1ccc(CN(c2cccc(Cl)c2)S(=C)C2CCB(C#N)CC2)cc1.CC. The van der Waals surface area contributed by atoms with E-state index in [9.17, 15) is 5.26 Å². The fraction of sp³-hybridized carbons (Fsp3) is 0.333. The molecule has 1 unspecified atom stereocenters. The molecule has 1 fully saturated rings. The molecule has 1 saturated heterocycles. The second-order valence-electron chi connectivity index (χ2n) is 7.34. The van der Waals surface area contributed by atoms with Gasteiger partial charge in [-0.2, -0.15) is 0 Å². The maximum atomic E-state index is 9.20. The summed E-state index contributed by atoms with van der Waals surface area (Å²) in [5, 5.41) is 10.4. The molecule has 1 atom stereocenters. The number of halogens is 1. The maximum Gasteiger partial charge on any atom is 0.267 e. The summed E-state index contributed by atoms with van der Waals surface area (Å²) in [6.45, 7) is 8.84. The van der Waals surface area contributed by atoms with E-state index >= 15 is 0 Å². The van der Waals surface area contributed by atoms with Crippen molar-refractivity contribution < 1.29 is 0 Å². The quantitative estimate of drug-likeness (QED) is 0.228. The molecule has 7 heteroatoms. The van der Waals surface area contributed by atoms with Gasteiger partial charge in [-0.25, -0.2) is 5.26 Å². The van der Waals surface area contributed by atoms with Crippen molar-refractivity contribution in [1.82, 2.24) is 5.43 Å². The number of hydrazine groups is 1. The zero-order chi connectivity index (χ0) is 22.8. The van der Waals surface area contributed by atoms with Crippen LogP contribution in [0.4, 0.5) is 5.69 Å². The Hall–Kier alpha value is -2.20. The van der Waals surface area contributed by atoms with Crippen molar-refractivity contribution in [3.05, 3.63) is 71.3 Å². The van der Waals surface area contributed by atoms with E-state index in [1.807, 2.05) is 44.2 Å². The summed E-state index contributed by atoms with van der Waals surface area (Å²) < 4.78 is 2.36. The predicted molar refractivity (Wildman–Crippen MR) is 140 cm³/mol. The topological polar surface area (TPSA) is 65.1 Å². The van der Waals surface area contributed by atoms with Crippen molar-refractivity contribution in [3.8, 4) is 5.97 Å². The number of nitrogens with zero attached hydrogens (tertiary/aromatic N) is 2. The first-order valence-electron chi connectivity index (χ1n) is 10.7. The van der Waals surface area contributed by atoms with Gasteiger partial charge in [-0.3, -0.25) is 5.84 Å². The van der Waals surface area contributed by atoms with E-state index in [0.717, 1.165) is 48.3 Å². The second-order valence-corrected chi connectivity index (χ2v) is 9.69. The van der Waals surface area contributed by atoms with Crippen LogP contribution in [0.15, 0.2) is 55.1 Å². The van der Waals surface area contributed by atoms with Gasteiger partial charge in [-0.1, -0.05) is 91.5 Å². The highest BCUT2D eigenvalue weighted by atomic mass is 35.5. The minimum atomic E-state index is -0.221. The molecule has 0 aromatic heterocycles. The lowest BCUT2D eigenvalue weighted by molar-refractivity contribution is 0.743. The normalized spacial score (nSPS) is 14.6. The molecule has 0 amide bonds. The zero-order valence-corrected chi connectivity index (χ0v) is 20.1. The molecule has 2 aromatic rings. The van der Waals surface area contributed by atoms with E-state index in [1.165, 1.54) is 5.56 Å². The Kier molecular flexibility index (Phi) is 10.2. The molecule has 3 N–H and O–H groups in total. The van der Waals surface area contributed by atoms with E-state index in [1.54, 1.807) is 0 Å². The molecule has 3 rings (SSSR count). The van der Waals surface area contributed by atoms with E-state index in [4.69, 9.17) is 17.4 Å². The van der Waals surface area contributed by atoms with Crippen LogP contribution in [0.1, 0.15) is 37.8 Å². The van der Waals surface area contributed by atoms with Crippen LogP contribution < -0.4 is 15.6 Å². The van der Waals surface area contributed by atoms with Crippen LogP contribution in [0.3, 0.4) is 0 Å². The maximum absolute atomic E-state index is 9.20. The fourth-order valence-corrected chi connectivity index (χ4v) is 5.71. The molecule has 0 bridgehead atoms. The largest absolute Gasteiger partial charge is 0.324 e. The number of anilines is 1. The van der Waals surface area contributed by atoms with Crippen LogP contribution in [0.25, 0.3) is 5.70 Å². The summed E-state index contributed by atoms with van der Waals surface area (Å²) in [5.41, 5.74) is 6.51. The van der Waals surface area contributed by atoms with Gasteiger partial charge in [-0.05, 0) is 42.2 Å². The van der Waals surface area contributed by atoms with Crippen LogP contribution in [-0.2, 0) is 6.54 Å². The highest BCUT2D eigenvalue weighted by Gasteiger charge is 2.28. The second kappa shape index (κ2) is 12.6. The smallest absolute Gasteiger partial charge is 0.267 e. The Morgan fingerprint density at radius 2 is 1.90 bits per heavy atom. The molecule has 4 nitrogen and oxygen atoms in total. The van der Waals surface area contributed by atoms with E-state index < -0.39 is 0 Å². The van der Waals surface area contributed by atoms with Crippen LogP contribution in [0, 0.1) is 11.2 Å². The lowest BCUT2D eigenvalue weighted by atomic mass is 9.43. The number of nitriles is 1. The highest BCUT2D eigenvalue weighted by molar-refractivity contribution is 8.15. The summed E-state index contributed by atoms with van der Waals surface area (Å²) in [7, 11) is -0.221. The molecule has 1 heterocycles. The van der Waals surface area contributed by atoms with E-state index in [-0.39, 0.29) is 17.4 Å². The number of rotatable bonds is 7. The van der Waals surface area contributed by atoms with Gasteiger partial charge in [0.1, 0.15) is 0 Å². The number of hydrogen-bond donors (Lipinski definition) is 2. The van der Waals surface area contributed by atoms with E-state index in [2.05, 4.69) is 46.3 Å². The number of nitrogens with two attached hydrogens (primary N) is 1. The molecule has 1 aliphatic heterocycles. The van der Waals surface area contributed by atoms with Crippen molar-refractivity contribution in [2.75, 3.05) is 4.31 Å². The van der Waals surface area contributed by atoms with Crippen LogP contribution >= 0.6 is 22.3 Å². The lowest BCUT2D eigenvalue weighted by Crippen LogP contribution is -2.28.